The summed E-state index contributed by atoms with van der Waals surface area (Å²) in [6.45, 7) is 1.96. The lowest BCUT2D eigenvalue weighted by Gasteiger charge is -2.05. The summed E-state index contributed by atoms with van der Waals surface area (Å²) in [4.78, 5) is 4.29. The van der Waals surface area contributed by atoms with E-state index in [-0.39, 0.29) is 6.04 Å². The van der Waals surface area contributed by atoms with Gasteiger partial charge in [0.1, 0.15) is 5.03 Å². The molecular formula is C10H12N4S3. The second kappa shape index (κ2) is 5.81. The molecular weight excluding hydrogens is 272 g/mol. The fourth-order valence-electron chi connectivity index (χ4n) is 1.17. The normalized spacial score (nSPS) is 12.6. The first-order valence-corrected chi connectivity index (χ1v) is 7.81. The lowest BCUT2D eigenvalue weighted by molar-refractivity contribution is 0.808. The zero-order valence-electron chi connectivity index (χ0n) is 9.45. The highest BCUT2D eigenvalue weighted by molar-refractivity contribution is 8.02. The Morgan fingerprint density at radius 2 is 2.12 bits per heavy atom. The Balaban J connectivity index is 2.15. The van der Waals surface area contributed by atoms with Crippen LogP contribution in [0.3, 0.4) is 0 Å². The van der Waals surface area contributed by atoms with Gasteiger partial charge < -0.3 is 5.73 Å². The van der Waals surface area contributed by atoms with Crippen molar-refractivity contribution in [2.75, 3.05) is 6.26 Å². The number of pyridine rings is 1. The van der Waals surface area contributed by atoms with Gasteiger partial charge in [0, 0.05) is 12.2 Å². The molecule has 2 aromatic rings. The van der Waals surface area contributed by atoms with Crippen LogP contribution in [0.4, 0.5) is 0 Å². The van der Waals surface area contributed by atoms with Gasteiger partial charge >= 0.3 is 0 Å². The van der Waals surface area contributed by atoms with Gasteiger partial charge in [-0.1, -0.05) is 23.1 Å². The molecule has 0 radical (unpaired) electrons. The number of nitrogens with zero attached hydrogens (tertiary/aromatic N) is 3. The summed E-state index contributed by atoms with van der Waals surface area (Å²) in [5, 5.41) is 9.05. The molecule has 0 aliphatic heterocycles. The van der Waals surface area contributed by atoms with Crippen molar-refractivity contribution in [3.8, 4) is 0 Å². The highest BCUT2D eigenvalue weighted by Crippen LogP contribution is 2.32. The standard InChI is InChI=1S/C10H12N4S3/c1-6(11)7-3-4-12-8(5-7)16-10-14-13-9(15-2)17-10/h3-6H,11H2,1-2H3/t6-/m1/s1. The molecule has 1 atom stereocenters. The smallest absolute Gasteiger partial charge is 0.181 e. The molecule has 4 nitrogen and oxygen atoms in total. The van der Waals surface area contributed by atoms with E-state index in [1.807, 2.05) is 25.3 Å². The van der Waals surface area contributed by atoms with Gasteiger partial charge in [-0.25, -0.2) is 4.98 Å². The molecule has 0 aromatic carbocycles. The largest absolute Gasteiger partial charge is 0.324 e. The molecule has 90 valence electrons. The number of thioether (sulfide) groups is 1. The van der Waals surface area contributed by atoms with Crippen molar-refractivity contribution in [2.24, 2.45) is 5.73 Å². The Labute approximate surface area is 112 Å². The lowest BCUT2D eigenvalue weighted by atomic mass is 10.1. The maximum Gasteiger partial charge on any atom is 0.181 e. The average molecular weight is 284 g/mol. The van der Waals surface area contributed by atoms with Gasteiger partial charge in [0.2, 0.25) is 0 Å². The SMILES string of the molecule is CSc1nnc(Sc2cc([C@@H](C)N)ccn2)s1. The van der Waals surface area contributed by atoms with E-state index in [9.17, 15) is 0 Å². The molecule has 0 bridgehead atoms. The average Bonchev–Trinajstić information content (AvgIpc) is 2.77. The van der Waals surface area contributed by atoms with Crippen molar-refractivity contribution in [3.05, 3.63) is 23.9 Å². The minimum Gasteiger partial charge on any atom is -0.324 e. The molecule has 0 spiro atoms. The summed E-state index contributed by atoms with van der Waals surface area (Å²) in [6.07, 6.45) is 3.77. The molecule has 17 heavy (non-hydrogen) atoms. The molecule has 0 saturated heterocycles. The minimum absolute atomic E-state index is 0.0218. The first-order valence-electron chi connectivity index (χ1n) is 4.96. The van der Waals surface area contributed by atoms with Crippen LogP contribution in [0.15, 0.2) is 32.0 Å². The Kier molecular flexibility index (Phi) is 4.38. The third kappa shape index (κ3) is 3.41. The molecule has 2 aromatic heterocycles. The van der Waals surface area contributed by atoms with Crippen molar-refractivity contribution in [3.63, 3.8) is 0 Å². The van der Waals surface area contributed by atoms with Crippen molar-refractivity contribution in [1.29, 1.82) is 0 Å². The van der Waals surface area contributed by atoms with E-state index < -0.39 is 0 Å². The van der Waals surface area contributed by atoms with Crippen LogP contribution >= 0.6 is 34.9 Å². The molecule has 7 heteroatoms. The van der Waals surface area contributed by atoms with Crippen LogP contribution in [-0.2, 0) is 0 Å². The zero-order valence-corrected chi connectivity index (χ0v) is 11.9. The fourth-order valence-corrected chi connectivity index (χ4v) is 3.57. The predicted molar refractivity (Wildman–Crippen MR) is 72.7 cm³/mol. The van der Waals surface area contributed by atoms with E-state index in [0.29, 0.717) is 0 Å². The number of hydrogen-bond donors (Lipinski definition) is 1. The van der Waals surface area contributed by atoms with E-state index in [0.717, 1.165) is 19.3 Å². The first kappa shape index (κ1) is 12.8. The molecule has 2 rings (SSSR count). The second-order valence-electron chi connectivity index (χ2n) is 3.36. The number of rotatable bonds is 4. The van der Waals surface area contributed by atoms with Gasteiger partial charge in [0.05, 0.1) is 0 Å². The molecule has 0 fully saturated rings. The Morgan fingerprint density at radius 1 is 1.35 bits per heavy atom. The quantitative estimate of drug-likeness (QED) is 0.871. The molecule has 0 saturated carbocycles. The third-order valence-electron chi connectivity index (χ3n) is 2.04. The van der Waals surface area contributed by atoms with E-state index in [4.69, 9.17) is 5.73 Å². The van der Waals surface area contributed by atoms with Crippen molar-refractivity contribution in [1.82, 2.24) is 15.2 Å². The van der Waals surface area contributed by atoms with Crippen LogP contribution < -0.4 is 5.73 Å². The van der Waals surface area contributed by atoms with Gasteiger partial charge in [-0.05, 0) is 42.6 Å². The topological polar surface area (TPSA) is 64.7 Å². The van der Waals surface area contributed by atoms with Gasteiger partial charge in [0.15, 0.2) is 8.68 Å². The number of nitrogens with two attached hydrogens (primary N) is 1. The van der Waals surface area contributed by atoms with E-state index >= 15 is 0 Å². The van der Waals surface area contributed by atoms with Crippen molar-refractivity contribution in [2.45, 2.75) is 26.7 Å². The monoisotopic (exact) mass is 284 g/mol. The third-order valence-corrected chi connectivity index (χ3v) is 4.92. The van der Waals surface area contributed by atoms with Gasteiger partial charge in [0.25, 0.3) is 0 Å². The molecule has 0 aliphatic rings. The first-order chi connectivity index (χ1) is 8.19. The van der Waals surface area contributed by atoms with Gasteiger partial charge in [-0.2, -0.15) is 0 Å². The van der Waals surface area contributed by atoms with Gasteiger partial charge in [-0.3, -0.25) is 0 Å². The van der Waals surface area contributed by atoms with Crippen LogP contribution in [0.5, 0.6) is 0 Å². The summed E-state index contributed by atoms with van der Waals surface area (Å²) in [7, 11) is 0. The summed E-state index contributed by atoms with van der Waals surface area (Å²) in [5.41, 5.74) is 6.92. The van der Waals surface area contributed by atoms with E-state index in [2.05, 4.69) is 15.2 Å². The zero-order chi connectivity index (χ0) is 12.3. The summed E-state index contributed by atoms with van der Waals surface area (Å²) in [5.74, 6) is 0. The highest BCUT2D eigenvalue weighted by atomic mass is 32.2. The summed E-state index contributed by atoms with van der Waals surface area (Å²) < 4.78 is 1.87. The molecule has 2 N–H and O–H groups in total. The summed E-state index contributed by atoms with van der Waals surface area (Å²) >= 11 is 4.69. The van der Waals surface area contributed by atoms with Crippen LogP contribution in [0.1, 0.15) is 18.5 Å². The molecule has 2 heterocycles. The van der Waals surface area contributed by atoms with Crippen molar-refractivity contribution < 1.29 is 0 Å². The molecule has 0 unspecified atom stereocenters. The maximum atomic E-state index is 5.84. The fraction of sp³-hybridized carbons (Fsp3) is 0.300. The second-order valence-corrected chi connectivity index (χ2v) is 6.65. The Hall–Kier alpha value is -0.630. The minimum atomic E-state index is 0.0218. The Morgan fingerprint density at radius 3 is 2.76 bits per heavy atom. The highest BCUT2D eigenvalue weighted by Gasteiger charge is 2.07. The van der Waals surface area contributed by atoms with E-state index in [1.165, 1.54) is 11.8 Å². The lowest BCUT2D eigenvalue weighted by Crippen LogP contribution is -2.04. The molecule has 0 amide bonds. The Bertz CT molecular complexity index is 498. The van der Waals surface area contributed by atoms with Crippen LogP contribution in [-0.4, -0.2) is 21.4 Å². The number of aromatic nitrogens is 3. The predicted octanol–water partition coefficient (Wildman–Crippen LogP) is 2.83. The van der Waals surface area contributed by atoms with Gasteiger partial charge in [-0.15, -0.1) is 10.2 Å². The van der Waals surface area contributed by atoms with Crippen LogP contribution in [0.25, 0.3) is 0 Å². The summed E-state index contributed by atoms with van der Waals surface area (Å²) in [6, 6.07) is 3.95. The van der Waals surface area contributed by atoms with E-state index in [1.54, 1.807) is 29.3 Å². The maximum absolute atomic E-state index is 5.84. The van der Waals surface area contributed by atoms with Crippen molar-refractivity contribution >= 4 is 34.9 Å². The van der Waals surface area contributed by atoms with Crippen LogP contribution in [0, 0.1) is 0 Å². The molecule has 0 aliphatic carbocycles. The number of hydrogen-bond acceptors (Lipinski definition) is 7. The van der Waals surface area contributed by atoms with Crippen LogP contribution in [0.2, 0.25) is 0 Å².